The van der Waals surface area contributed by atoms with Crippen molar-refractivity contribution in [2.75, 3.05) is 11.1 Å². The third-order valence-corrected chi connectivity index (χ3v) is 5.74. The Hall–Kier alpha value is -2.55. The van der Waals surface area contributed by atoms with Gasteiger partial charge in [-0.3, -0.25) is 9.59 Å². The summed E-state index contributed by atoms with van der Waals surface area (Å²) in [6, 6.07) is 13.5. The predicted octanol–water partition coefficient (Wildman–Crippen LogP) is 4.34. The van der Waals surface area contributed by atoms with E-state index < -0.39 is 6.04 Å². The monoisotopic (exact) mass is 463 g/mol. The zero-order valence-corrected chi connectivity index (χ0v) is 18.6. The second-order valence-electron chi connectivity index (χ2n) is 6.42. The summed E-state index contributed by atoms with van der Waals surface area (Å²) >= 11 is 13.2. The summed E-state index contributed by atoms with van der Waals surface area (Å²) in [7, 11) is 1.78. The van der Waals surface area contributed by atoms with Gasteiger partial charge in [-0.25, -0.2) is 0 Å². The number of hydrogen-bond donors (Lipinski definition) is 2. The number of anilines is 1. The Labute approximate surface area is 188 Å². The fraction of sp³-hybridized carbons (Fsp3) is 0.200. The molecule has 156 valence electrons. The lowest BCUT2D eigenvalue weighted by Crippen LogP contribution is -2.28. The molecule has 0 spiro atoms. The number of nitrogens with zero attached hydrogens (tertiary/aromatic N) is 3. The number of thioether (sulfide) groups is 1. The maximum absolute atomic E-state index is 12.5. The molecule has 1 atom stereocenters. The maximum Gasteiger partial charge on any atom is 0.253 e. The quantitative estimate of drug-likeness (QED) is 0.508. The van der Waals surface area contributed by atoms with Gasteiger partial charge in [0.25, 0.3) is 5.91 Å². The number of benzene rings is 2. The molecule has 0 saturated carbocycles. The number of hydrogen-bond acceptors (Lipinski definition) is 5. The summed E-state index contributed by atoms with van der Waals surface area (Å²) < 4.78 is 1.74. The maximum atomic E-state index is 12.5. The standard InChI is InChI=1S/C20H19Cl2N5O2S/c1-12(23-19(29)15-9-8-13(21)10-16(15)22)18-25-26-20(27(18)2)30-11-17(28)24-14-6-4-3-5-7-14/h3-10,12H,11H2,1-2H3,(H,23,29)(H,24,28). The molecule has 10 heteroatoms. The smallest absolute Gasteiger partial charge is 0.253 e. The summed E-state index contributed by atoms with van der Waals surface area (Å²) in [5.74, 6) is 0.250. The van der Waals surface area contributed by atoms with Crippen molar-refractivity contribution in [3.63, 3.8) is 0 Å². The Balaban J connectivity index is 1.60. The first-order valence-electron chi connectivity index (χ1n) is 8.98. The number of carbonyl (C=O) groups is 2. The number of halogens is 2. The zero-order chi connectivity index (χ0) is 21.7. The molecular weight excluding hydrogens is 445 g/mol. The van der Waals surface area contributed by atoms with Crippen LogP contribution < -0.4 is 10.6 Å². The summed E-state index contributed by atoms with van der Waals surface area (Å²) in [6.07, 6.45) is 0. The number of aromatic nitrogens is 3. The largest absolute Gasteiger partial charge is 0.342 e. The molecule has 1 aromatic heterocycles. The van der Waals surface area contributed by atoms with E-state index in [1.807, 2.05) is 30.3 Å². The van der Waals surface area contributed by atoms with E-state index in [9.17, 15) is 9.59 Å². The molecule has 0 saturated heterocycles. The van der Waals surface area contributed by atoms with E-state index in [1.54, 1.807) is 30.7 Å². The van der Waals surface area contributed by atoms with Gasteiger partial charge in [-0.15, -0.1) is 10.2 Å². The van der Waals surface area contributed by atoms with E-state index in [0.717, 1.165) is 5.69 Å². The van der Waals surface area contributed by atoms with E-state index in [2.05, 4.69) is 20.8 Å². The highest BCUT2D eigenvalue weighted by molar-refractivity contribution is 7.99. The summed E-state index contributed by atoms with van der Waals surface area (Å²) in [6.45, 7) is 1.79. The second kappa shape index (κ2) is 9.97. The number of nitrogens with one attached hydrogen (secondary N) is 2. The molecule has 0 aliphatic rings. The van der Waals surface area contributed by atoms with Crippen molar-refractivity contribution in [1.82, 2.24) is 20.1 Å². The average Bonchev–Trinajstić information content (AvgIpc) is 3.07. The highest BCUT2D eigenvalue weighted by Crippen LogP contribution is 2.23. The highest BCUT2D eigenvalue weighted by atomic mass is 35.5. The first kappa shape index (κ1) is 22.1. The van der Waals surface area contributed by atoms with E-state index in [0.29, 0.717) is 21.6 Å². The Morgan fingerprint density at radius 3 is 2.57 bits per heavy atom. The fourth-order valence-corrected chi connectivity index (χ4v) is 3.90. The van der Waals surface area contributed by atoms with Crippen LogP contribution >= 0.6 is 35.0 Å². The fourth-order valence-electron chi connectivity index (χ4n) is 2.69. The minimum absolute atomic E-state index is 0.144. The van der Waals surface area contributed by atoms with Gasteiger partial charge in [0.1, 0.15) is 0 Å². The van der Waals surface area contributed by atoms with E-state index in [1.165, 1.54) is 17.8 Å². The van der Waals surface area contributed by atoms with E-state index >= 15 is 0 Å². The van der Waals surface area contributed by atoms with Crippen LogP contribution in [0, 0.1) is 0 Å². The van der Waals surface area contributed by atoms with E-state index in [-0.39, 0.29) is 22.6 Å². The van der Waals surface area contributed by atoms with Crippen molar-refractivity contribution in [3.8, 4) is 0 Å². The molecule has 1 heterocycles. The van der Waals surface area contributed by atoms with Gasteiger partial charge in [0.15, 0.2) is 11.0 Å². The number of rotatable bonds is 7. The molecule has 0 aliphatic carbocycles. The van der Waals surface area contributed by atoms with Gasteiger partial charge < -0.3 is 15.2 Å². The van der Waals surface area contributed by atoms with Crippen LogP contribution in [-0.4, -0.2) is 32.3 Å². The number of para-hydroxylation sites is 1. The molecule has 1 unspecified atom stereocenters. The summed E-state index contributed by atoms with van der Waals surface area (Å²) in [5, 5.41) is 15.2. The SMILES string of the molecule is CC(NC(=O)c1ccc(Cl)cc1Cl)c1nnc(SCC(=O)Nc2ccccc2)n1C. The topological polar surface area (TPSA) is 88.9 Å². The van der Waals surface area contributed by atoms with Crippen LogP contribution in [0.1, 0.15) is 29.1 Å². The van der Waals surface area contributed by atoms with Gasteiger partial charge in [-0.1, -0.05) is 53.2 Å². The Kier molecular flexibility index (Phi) is 7.36. The Morgan fingerprint density at radius 2 is 1.87 bits per heavy atom. The summed E-state index contributed by atoms with van der Waals surface area (Å²) in [4.78, 5) is 24.6. The first-order chi connectivity index (χ1) is 14.3. The van der Waals surface area contributed by atoms with Crippen molar-refractivity contribution in [3.05, 3.63) is 70.0 Å². The lowest BCUT2D eigenvalue weighted by molar-refractivity contribution is -0.113. The molecule has 0 aliphatic heterocycles. The van der Waals surface area contributed by atoms with Gasteiger partial charge in [0.05, 0.1) is 22.4 Å². The minimum atomic E-state index is -0.422. The second-order valence-corrected chi connectivity index (χ2v) is 8.21. The average molecular weight is 464 g/mol. The van der Waals surface area contributed by atoms with Crippen LogP contribution in [0.15, 0.2) is 53.7 Å². The molecule has 2 amide bonds. The number of amides is 2. The lowest BCUT2D eigenvalue weighted by atomic mass is 10.2. The van der Waals surface area contributed by atoms with Crippen LogP contribution in [0.4, 0.5) is 5.69 Å². The molecule has 3 aromatic rings. The first-order valence-corrected chi connectivity index (χ1v) is 10.7. The zero-order valence-electron chi connectivity index (χ0n) is 16.2. The van der Waals surface area contributed by atoms with Crippen LogP contribution in [0.5, 0.6) is 0 Å². The summed E-state index contributed by atoms with van der Waals surface area (Å²) in [5.41, 5.74) is 1.06. The van der Waals surface area contributed by atoms with Crippen LogP contribution in [0.3, 0.4) is 0 Å². The molecule has 0 radical (unpaired) electrons. The molecule has 7 nitrogen and oxygen atoms in total. The molecule has 0 fully saturated rings. The number of carbonyl (C=O) groups excluding carboxylic acids is 2. The molecule has 3 rings (SSSR count). The van der Waals surface area contributed by atoms with Crippen molar-refractivity contribution >= 4 is 52.5 Å². The van der Waals surface area contributed by atoms with Gasteiger partial charge in [0.2, 0.25) is 5.91 Å². The van der Waals surface area contributed by atoms with Crippen LogP contribution in [0.2, 0.25) is 10.0 Å². The lowest BCUT2D eigenvalue weighted by Gasteiger charge is -2.14. The Morgan fingerprint density at radius 1 is 1.13 bits per heavy atom. The molecule has 0 bridgehead atoms. The Bertz CT molecular complexity index is 1060. The van der Waals surface area contributed by atoms with Gasteiger partial charge in [-0.2, -0.15) is 0 Å². The van der Waals surface area contributed by atoms with E-state index in [4.69, 9.17) is 23.2 Å². The van der Waals surface area contributed by atoms with Crippen molar-refractivity contribution < 1.29 is 9.59 Å². The van der Waals surface area contributed by atoms with Gasteiger partial charge in [-0.05, 0) is 37.3 Å². The van der Waals surface area contributed by atoms with Crippen molar-refractivity contribution in [1.29, 1.82) is 0 Å². The minimum Gasteiger partial charge on any atom is -0.342 e. The van der Waals surface area contributed by atoms with Gasteiger partial charge in [0, 0.05) is 17.8 Å². The normalized spacial score (nSPS) is 11.7. The highest BCUT2D eigenvalue weighted by Gasteiger charge is 2.20. The third kappa shape index (κ3) is 5.53. The van der Waals surface area contributed by atoms with Crippen molar-refractivity contribution in [2.24, 2.45) is 7.05 Å². The van der Waals surface area contributed by atoms with Crippen LogP contribution in [0.25, 0.3) is 0 Å². The molecular formula is C20H19Cl2N5O2S. The van der Waals surface area contributed by atoms with Crippen LogP contribution in [-0.2, 0) is 11.8 Å². The van der Waals surface area contributed by atoms with Crippen molar-refractivity contribution in [2.45, 2.75) is 18.1 Å². The molecule has 2 N–H and O–H groups in total. The predicted molar refractivity (Wildman–Crippen MR) is 119 cm³/mol. The molecule has 30 heavy (non-hydrogen) atoms. The third-order valence-electron chi connectivity index (χ3n) is 4.17. The molecule has 2 aromatic carbocycles. The van der Waals surface area contributed by atoms with Gasteiger partial charge >= 0.3 is 0 Å².